The fourth-order valence-electron chi connectivity index (χ4n) is 3.13. The number of piperidine rings is 1. The molecular formula is C17H27NO2S. The van der Waals surface area contributed by atoms with Crippen molar-refractivity contribution in [1.29, 1.82) is 0 Å². The first-order valence-electron chi connectivity index (χ1n) is 8.21. The van der Waals surface area contributed by atoms with Crippen molar-refractivity contribution in [3.8, 4) is 0 Å². The number of thiophene rings is 1. The fraction of sp³-hybridized carbons (Fsp3) is 0.706. The Morgan fingerprint density at radius 1 is 1.48 bits per heavy atom. The summed E-state index contributed by atoms with van der Waals surface area (Å²) in [5.41, 5.74) is 1.34. The van der Waals surface area contributed by atoms with Crippen LogP contribution >= 0.6 is 11.3 Å². The van der Waals surface area contributed by atoms with Crippen LogP contribution in [0.3, 0.4) is 0 Å². The number of amides is 1. The maximum absolute atomic E-state index is 12.7. The lowest BCUT2D eigenvalue weighted by Crippen LogP contribution is -2.39. The Bertz CT molecular complexity index is 467. The van der Waals surface area contributed by atoms with Gasteiger partial charge >= 0.3 is 0 Å². The Morgan fingerprint density at radius 3 is 2.95 bits per heavy atom. The van der Waals surface area contributed by atoms with Crippen molar-refractivity contribution in [3.05, 3.63) is 21.4 Å². The number of rotatable bonds is 6. The Morgan fingerprint density at radius 2 is 2.29 bits per heavy atom. The molecule has 2 rings (SSSR count). The predicted molar refractivity (Wildman–Crippen MR) is 88.0 cm³/mol. The van der Waals surface area contributed by atoms with Gasteiger partial charge in [0, 0.05) is 24.6 Å². The molecule has 1 saturated heterocycles. The summed E-state index contributed by atoms with van der Waals surface area (Å²) >= 11 is 1.68. The van der Waals surface area contributed by atoms with Crippen molar-refractivity contribution in [3.63, 3.8) is 0 Å². The maximum Gasteiger partial charge on any atom is 0.263 e. The summed E-state index contributed by atoms with van der Waals surface area (Å²) in [6.45, 7) is 6.25. The average Bonchev–Trinajstić information content (AvgIpc) is 2.90. The number of hydrogen-bond donors (Lipinski definition) is 1. The van der Waals surface area contributed by atoms with Crippen LogP contribution in [0.4, 0.5) is 0 Å². The van der Waals surface area contributed by atoms with Crippen LogP contribution in [0.2, 0.25) is 0 Å². The van der Waals surface area contributed by atoms with Crippen LogP contribution in [-0.4, -0.2) is 35.6 Å². The van der Waals surface area contributed by atoms with Crippen molar-refractivity contribution in [2.75, 3.05) is 19.7 Å². The molecule has 3 nitrogen and oxygen atoms in total. The Kier molecular flexibility index (Phi) is 6.24. The van der Waals surface area contributed by atoms with Gasteiger partial charge in [-0.15, -0.1) is 11.3 Å². The van der Waals surface area contributed by atoms with Crippen molar-refractivity contribution in [1.82, 2.24) is 4.90 Å². The molecule has 118 valence electrons. The molecule has 0 aliphatic carbocycles. The lowest BCUT2D eigenvalue weighted by Gasteiger charge is -2.32. The van der Waals surface area contributed by atoms with E-state index in [9.17, 15) is 4.79 Å². The molecule has 1 aromatic rings. The number of likely N-dealkylation sites (tertiary alicyclic amines) is 1. The quantitative estimate of drug-likeness (QED) is 0.874. The molecule has 2 heterocycles. The molecule has 0 spiro atoms. The first-order chi connectivity index (χ1) is 10.2. The van der Waals surface area contributed by atoms with Crippen LogP contribution in [0.1, 0.15) is 59.6 Å². The Balaban J connectivity index is 2.08. The van der Waals surface area contributed by atoms with Crippen molar-refractivity contribution in [2.45, 2.75) is 52.4 Å². The van der Waals surface area contributed by atoms with Gasteiger partial charge in [-0.05, 0) is 49.7 Å². The summed E-state index contributed by atoms with van der Waals surface area (Å²) in [4.78, 5) is 17.0. The zero-order valence-corrected chi connectivity index (χ0v) is 14.0. The molecule has 0 aromatic carbocycles. The smallest absolute Gasteiger partial charge is 0.263 e. The second-order valence-corrected chi connectivity index (χ2v) is 7.07. The van der Waals surface area contributed by atoms with Crippen LogP contribution in [0.15, 0.2) is 6.07 Å². The summed E-state index contributed by atoms with van der Waals surface area (Å²) in [5.74, 6) is 0.660. The molecule has 0 bridgehead atoms. The highest BCUT2D eigenvalue weighted by Crippen LogP contribution is 2.28. The molecule has 1 fully saturated rings. The van der Waals surface area contributed by atoms with E-state index in [0.717, 1.165) is 56.5 Å². The SMILES string of the molecule is CCCc1sc(C(=O)N2CCCC(CCO)C2)cc1CC. The van der Waals surface area contributed by atoms with Crippen LogP contribution in [0.5, 0.6) is 0 Å². The molecule has 1 N–H and O–H groups in total. The van der Waals surface area contributed by atoms with Gasteiger partial charge < -0.3 is 10.0 Å². The van der Waals surface area contributed by atoms with E-state index in [1.165, 1.54) is 10.4 Å². The minimum Gasteiger partial charge on any atom is -0.396 e. The predicted octanol–water partition coefficient (Wildman–Crippen LogP) is 3.50. The van der Waals surface area contributed by atoms with E-state index in [1.807, 2.05) is 4.90 Å². The second-order valence-electron chi connectivity index (χ2n) is 5.93. The molecule has 1 unspecified atom stereocenters. The molecular weight excluding hydrogens is 282 g/mol. The molecule has 0 radical (unpaired) electrons. The van der Waals surface area contributed by atoms with Gasteiger partial charge in [0.25, 0.3) is 5.91 Å². The first kappa shape index (κ1) is 16.5. The van der Waals surface area contributed by atoms with Crippen molar-refractivity contribution >= 4 is 17.2 Å². The van der Waals surface area contributed by atoms with Crippen LogP contribution in [-0.2, 0) is 12.8 Å². The van der Waals surface area contributed by atoms with E-state index in [2.05, 4.69) is 19.9 Å². The number of hydrogen-bond acceptors (Lipinski definition) is 3. The van der Waals surface area contributed by atoms with Gasteiger partial charge in [0.15, 0.2) is 0 Å². The highest BCUT2D eigenvalue weighted by atomic mass is 32.1. The van der Waals surface area contributed by atoms with Gasteiger partial charge in [0.2, 0.25) is 0 Å². The normalized spacial score (nSPS) is 19.0. The van der Waals surface area contributed by atoms with Gasteiger partial charge in [0.1, 0.15) is 0 Å². The third-order valence-electron chi connectivity index (χ3n) is 4.31. The van der Waals surface area contributed by atoms with E-state index in [1.54, 1.807) is 11.3 Å². The third-order valence-corrected chi connectivity index (χ3v) is 5.53. The molecule has 0 saturated carbocycles. The summed E-state index contributed by atoms with van der Waals surface area (Å²) in [5, 5.41) is 9.09. The topological polar surface area (TPSA) is 40.5 Å². The number of nitrogens with zero attached hydrogens (tertiary/aromatic N) is 1. The summed E-state index contributed by atoms with van der Waals surface area (Å²) in [7, 11) is 0. The molecule has 21 heavy (non-hydrogen) atoms. The zero-order chi connectivity index (χ0) is 15.2. The third kappa shape index (κ3) is 4.07. The van der Waals surface area contributed by atoms with Gasteiger partial charge in [-0.3, -0.25) is 4.79 Å². The van der Waals surface area contributed by atoms with E-state index >= 15 is 0 Å². The number of aryl methyl sites for hydroxylation is 2. The number of carbonyl (C=O) groups is 1. The molecule has 1 aromatic heterocycles. The van der Waals surface area contributed by atoms with E-state index < -0.39 is 0 Å². The molecule has 1 atom stereocenters. The van der Waals surface area contributed by atoms with Gasteiger partial charge in [-0.2, -0.15) is 0 Å². The molecule has 1 aliphatic heterocycles. The zero-order valence-electron chi connectivity index (χ0n) is 13.2. The highest BCUT2D eigenvalue weighted by Gasteiger charge is 2.25. The summed E-state index contributed by atoms with van der Waals surface area (Å²) in [6.07, 6.45) is 6.22. The first-order valence-corrected chi connectivity index (χ1v) is 9.02. The van der Waals surface area contributed by atoms with Crippen molar-refractivity contribution < 1.29 is 9.90 Å². The summed E-state index contributed by atoms with van der Waals surface area (Å²) in [6, 6.07) is 2.10. The van der Waals surface area contributed by atoms with Crippen LogP contribution < -0.4 is 0 Å². The monoisotopic (exact) mass is 309 g/mol. The molecule has 4 heteroatoms. The number of carbonyl (C=O) groups excluding carboxylic acids is 1. The standard InChI is InChI=1S/C17H27NO2S/c1-3-6-15-14(4-2)11-16(21-15)17(20)18-9-5-7-13(12-18)8-10-19/h11,13,19H,3-10,12H2,1-2H3. The lowest BCUT2D eigenvalue weighted by molar-refractivity contribution is 0.0658. The van der Waals surface area contributed by atoms with Crippen LogP contribution in [0.25, 0.3) is 0 Å². The largest absolute Gasteiger partial charge is 0.396 e. The number of aliphatic hydroxyl groups is 1. The van der Waals surface area contributed by atoms with Crippen molar-refractivity contribution in [2.24, 2.45) is 5.92 Å². The van der Waals surface area contributed by atoms with Crippen LogP contribution in [0, 0.1) is 5.92 Å². The van der Waals surface area contributed by atoms with Gasteiger partial charge in [0.05, 0.1) is 4.88 Å². The number of aliphatic hydroxyl groups excluding tert-OH is 1. The maximum atomic E-state index is 12.7. The second kappa shape index (κ2) is 7.95. The molecule has 1 amide bonds. The minimum atomic E-state index is 0.194. The minimum absolute atomic E-state index is 0.194. The fourth-order valence-corrected chi connectivity index (χ4v) is 4.46. The van der Waals surface area contributed by atoms with E-state index in [-0.39, 0.29) is 12.5 Å². The van der Waals surface area contributed by atoms with E-state index in [4.69, 9.17) is 5.11 Å². The molecule has 1 aliphatic rings. The summed E-state index contributed by atoms with van der Waals surface area (Å²) < 4.78 is 0. The van der Waals surface area contributed by atoms with Gasteiger partial charge in [-0.25, -0.2) is 0 Å². The Hall–Kier alpha value is -0.870. The van der Waals surface area contributed by atoms with E-state index in [0.29, 0.717) is 5.92 Å². The lowest BCUT2D eigenvalue weighted by atomic mass is 9.95. The van der Waals surface area contributed by atoms with Gasteiger partial charge in [-0.1, -0.05) is 20.3 Å². The average molecular weight is 309 g/mol. The highest BCUT2D eigenvalue weighted by molar-refractivity contribution is 7.14. The Labute approximate surface area is 132 Å².